The molecule has 2 rings (SSSR count). The van der Waals surface area contributed by atoms with Crippen molar-refractivity contribution in [2.45, 2.75) is 0 Å². The van der Waals surface area contributed by atoms with E-state index in [-0.39, 0.29) is 0 Å². The van der Waals surface area contributed by atoms with Crippen LogP contribution in [0.1, 0.15) is 0 Å². The quantitative estimate of drug-likeness (QED) is 0.787. The molecule has 0 aliphatic carbocycles. The maximum absolute atomic E-state index is 6.08. The number of nitrogens with two attached hydrogens (primary N) is 1. The van der Waals surface area contributed by atoms with Crippen LogP contribution in [0, 0.1) is 0 Å². The Balaban J connectivity index is 2.59. The van der Waals surface area contributed by atoms with E-state index in [1.807, 2.05) is 0 Å². The van der Waals surface area contributed by atoms with Gasteiger partial charge in [-0.25, -0.2) is 0 Å². The molecule has 5 heteroatoms. The summed E-state index contributed by atoms with van der Waals surface area (Å²) in [6, 6.07) is 6.82. The maximum Gasteiger partial charge on any atom is 0.0719 e. The molecule has 82 valence electrons. The van der Waals surface area contributed by atoms with Gasteiger partial charge >= 0.3 is 0 Å². The Morgan fingerprint density at radius 2 is 1.81 bits per heavy atom. The van der Waals surface area contributed by atoms with E-state index in [0.29, 0.717) is 32.0 Å². The molecule has 0 bridgehead atoms. The first-order valence-electron chi connectivity index (χ1n) is 4.44. The number of halogens is 3. The molecule has 0 atom stereocenters. The standard InChI is InChI=1S/C11H7Cl3N2/c12-6-3-8(11(14)9(13)4-6)10-2-1-7(15)5-16-10/h1-5H,15H2. The number of hydrogen-bond donors (Lipinski definition) is 1. The van der Waals surface area contributed by atoms with Crippen molar-refractivity contribution in [1.29, 1.82) is 0 Å². The molecular formula is C11H7Cl3N2. The summed E-state index contributed by atoms with van der Waals surface area (Å²) in [5.41, 5.74) is 7.52. The highest BCUT2D eigenvalue weighted by molar-refractivity contribution is 6.45. The molecule has 0 amide bonds. The third-order valence-electron chi connectivity index (χ3n) is 2.06. The van der Waals surface area contributed by atoms with Gasteiger partial charge in [-0.15, -0.1) is 0 Å². The number of nitrogens with zero attached hydrogens (tertiary/aromatic N) is 1. The number of pyridine rings is 1. The monoisotopic (exact) mass is 272 g/mol. The van der Waals surface area contributed by atoms with Crippen LogP contribution in [0.15, 0.2) is 30.5 Å². The number of hydrogen-bond acceptors (Lipinski definition) is 2. The van der Waals surface area contributed by atoms with E-state index in [2.05, 4.69) is 4.98 Å². The number of rotatable bonds is 1. The summed E-state index contributed by atoms with van der Waals surface area (Å²) in [4.78, 5) is 4.16. The molecule has 2 nitrogen and oxygen atoms in total. The SMILES string of the molecule is Nc1ccc(-c2cc(Cl)cc(Cl)c2Cl)nc1. The van der Waals surface area contributed by atoms with Crippen molar-refractivity contribution in [3.8, 4) is 11.3 Å². The minimum absolute atomic E-state index is 0.405. The Kier molecular flexibility index (Phi) is 3.24. The van der Waals surface area contributed by atoms with Gasteiger partial charge in [0.25, 0.3) is 0 Å². The minimum atomic E-state index is 0.405. The summed E-state index contributed by atoms with van der Waals surface area (Å²) in [6.45, 7) is 0. The second kappa shape index (κ2) is 4.50. The van der Waals surface area contributed by atoms with Crippen LogP contribution < -0.4 is 5.73 Å². The molecule has 0 aliphatic heterocycles. The van der Waals surface area contributed by atoms with E-state index < -0.39 is 0 Å². The third kappa shape index (κ3) is 2.24. The molecule has 0 saturated heterocycles. The third-order valence-corrected chi connectivity index (χ3v) is 3.08. The highest BCUT2D eigenvalue weighted by Gasteiger charge is 2.09. The molecule has 0 spiro atoms. The zero-order valence-electron chi connectivity index (χ0n) is 8.05. The van der Waals surface area contributed by atoms with Crippen LogP contribution in [-0.2, 0) is 0 Å². The first-order chi connectivity index (χ1) is 7.58. The molecule has 1 aromatic heterocycles. The van der Waals surface area contributed by atoms with Crippen LogP contribution in [-0.4, -0.2) is 4.98 Å². The van der Waals surface area contributed by atoms with Crippen molar-refractivity contribution < 1.29 is 0 Å². The van der Waals surface area contributed by atoms with Crippen molar-refractivity contribution in [1.82, 2.24) is 4.98 Å². The van der Waals surface area contributed by atoms with Gasteiger partial charge in [-0.05, 0) is 24.3 Å². The predicted octanol–water partition coefficient (Wildman–Crippen LogP) is 4.29. The van der Waals surface area contributed by atoms with Gasteiger partial charge in [0.15, 0.2) is 0 Å². The van der Waals surface area contributed by atoms with Crippen LogP contribution in [0.2, 0.25) is 15.1 Å². The maximum atomic E-state index is 6.08. The molecule has 0 aliphatic rings. The van der Waals surface area contributed by atoms with Crippen LogP contribution in [0.4, 0.5) is 5.69 Å². The van der Waals surface area contributed by atoms with Gasteiger partial charge in [0, 0.05) is 10.6 Å². The topological polar surface area (TPSA) is 38.9 Å². The first kappa shape index (κ1) is 11.5. The van der Waals surface area contributed by atoms with E-state index in [0.717, 1.165) is 0 Å². The molecular weight excluding hydrogens is 266 g/mol. The van der Waals surface area contributed by atoms with Crippen LogP contribution >= 0.6 is 34.8 Å². The zero-order valence-corrected chi connectivity index (χ0v) is 10.3. The summed E-state index contributed by atoms with van der Waals surface area (Å²) < 4.78 is 0. The van der Waals surface area contributed by atoms with E-state index in [1.54, 1.807) is 30.5 Å². The van der Waals surface area contributed by atoms with Crippen molar-refractivity contribution in [2.24, 2.45) is 0 Å². The predicted molar refractivity (Wildman–Crippen MR) is 69.1 cm³/mol. The Labute approximate surface area is 108 Å². The van der Waals surface area contributed by atoms with Gasteiger partial charge in [-0.3, -0.25) is 4.98 Å². The summed E-state index contributed by atoms with van der Waals surface area (Å²) in [5.74, 6) is 0. The van der Waals surface area contributed by atoms with Gasteiger partial charge in [-0.1, -0.05) is 34.8 Å². The smallest absolute Gasteiger partial charge is 0.0719 e. The number of nitrogen functional groups attached to an aromatic ring is 1. The Morgan fingerprint density at radius 3 is 2.44 bits per heavy atom. The van der Waals surface area contributed by atoms with E-state index in [4.69, 9.17) is 40.5 Å². The lowest BCUT2D eigenvalue weighted by molar-refractivity contribution is 1.33. The Bertz CT molecular complexity index is 523. The van der Waals surface area contributed by atoms with Gasteiger partial charge in [0.2, 0.25) is 0 Å². The molecule has 0 radical (unpaired) electrons. The lowest BCUT2D eigenvalue weighted by Crippen LogP contribution is -1.89. The number of aromatic nitrogens is 1. The highest BCUT2D eigenvalue weighted by Crippen LogP contribution is 2.35. The van der Waals surface area contributed by atoms with E-state index in [9.17, 15) is 0 Å². The second-order valence-corrected chi connectivity index (χ2v) is 4.45. The van der Waals surface area contributed by atoms with Gasteiger partial charge in [0.1, 0.15) is 0 Å². The van der Waals surface area contributed by atoms with Crippen LogP contribution in [0.3, 0.4) is 0 Å². The van der Waals surface area contributed by atoms with Gasteiger partial charge in [0.05, 0.1) is 27.6 Å². The lowest BCUT2D eigenvalue weighted by Gasteiger charge is -2.06. The van der Waals surface area contributed by atoms with Gasteiger partial charge in [-0.2, -0.15) is 0 Å². The lowest BCUT2D eigenvalue weighted by atomic mass is 10.1. The van der Waals surface area contributed by atoms with Crippen molar-refractivity contribution >= 4 is 40.5 Å². The average molecular weight is 274 g/mol. The fourth-order valence-electron chi connectivity index (χ4n) is 1.31. The molecule has 2 N–H and O–H groups in total. The van der Waals surface area contributed by atoms with Crippen molar-refractivity contribution in [2.75, 3.05) is 5.73 Å². The summed E-state index contributed by atoms with van der Waals surface area (Å²) in [6.07, 6.45) is 1.56. The van der Waals surface area contributed by atoms with Gasteiger partial charge < -0.3 is 5.73 Å². The summed E-state index contributed by atoms with van der Waals surface area (Å²) in [7, 11) is 0. The molecule has 1 aromatic carbocycles. The second-order valence-electron chi connectivity index (χ2n) is 3.23. The Morgan fingerprint density at radius 1 is 1.06 bits per heavy atom. The molecule has 0 fully saturated rings. The fraction of sp³-hybridized carbons (Fsp3) is 0. The minimum Gasteiger partial charge on any atom is -0.397 e. The normalized spacial score (nSPS) is 10.4. The molecule has 16 heavy (non-hydrogen) atoms. The van der Waals surface area contributed by atoms with E-state index in [1.165, 1.54) is 0 Å². The summed E-state index contributed by atoms with van der Waals surface area (Å²) in [5, 5.41) is 1.36. The summed E-state index contributed by atoms with van der Waals surface area (Å²) >= 11 is 17.9. The average Bonchev–Trinajstić information content (AvgIpc) is 2.25. The van der Waals surface area contributed by atoms with Crippen LogP contribution in [0.25, 0.3) is 11.3 Å². The van der Waals surface area contributed by atoms with Crippen molar-refractivity contribution in [3.05, 3.63) is 45.5 Å². The number of anilines is 1. The number of benzene rings is 1. The molecule has 0 unspecified atom stereocenters. The fourth-order valence-corrected chi connectivity index (χ4v) is 2.01. The molecule has 2 aromatic rings. The van der Waals surface area contributed by atoms with E-state index >= 15 is 0 Å². The zero-order chi connectivity index (χ0) is 11.7. The molecule has 1 heterocycles. The Hall–Kier alpha value is -0.960. The largest absolute Gasteiger partial charge is 0.397 e. The molecule has 0 saturated carbocycles. The first-order valence-corrected chi connectivity index (χ1v) is 5.58. The van der Waals surface area contributed by atoms with Crippen molar-refractivity contribution in [3.63, 3.8) is 0 Å². The van der Waals surface area contributed by atoms with Crippen LogP contribution in [0.5, 0.6) is 0 Å². The highest BCUT2D eigenvalue weighted by atomic mass is 35.5.